The molecule has 2 saturated heterocycles. The van der Waals surface area contributed by atoms with Crippen LogP contribution in [-0.2, 0) is 4.74 Å². The minimum Gasteiger partial charge on any atom is -0.379 e. The molecule has 150 valence electrons. The Kier molecular flexibility index (Phi) is 7.47. The Bertz CT molecular complexity index is 594. The molecule has 3 heterocycles. The molecular weight excluding hydrogens is 340 g/mol. The van der Waals surface area contributed by atoms with E-state index in [1.165, 1.54) is 12.8 Å². The molecule has 1 unspecified atom stereocenters. The highest BCUT2D eigenvalue weighted by molar-refractivity contribution is 5.98. The lowest BCUT2D eigenvalue weighted by Crippen LogP contribution is -2.52. The summed E-state index contributed by atoms with van der Waals surface area (Å²) in [6.07, 6.45) is 6.38. The van der Waals surface area contributed by atoms with Gasteiger partial charge in [-0.05, 0) is 30.9 Å². The van der Waals surface area contributed by atoms with Crippen molar-refractivity contribution in [2.24, 2.45) is 5.92 Å². The van der Waals surface area contributed by atoms with Crippen molar-refractivity contribution in [1.29, 1.82) is 0 Å². The quantitative estimate of drug-likeness (QED) is 0.758. The lowest BCUT2D eigenvalue weighted by atomic mass is 9.92. The zero-order chi connectivity index (χ0) is 19.1. The fraction of sp³-hybridized carbons (Fsp3) is 0.714. The third-order valence-corrected chi connectivity index (χ3v) is 6.02. The second-order valence-electron chi connectivity index (χ2n) is 7.57. The Morgan fingerprint density at radius 2 is 1.89 bits per heavy atom. The van der Waals surface area contributed by atoms with Crippen LogP contribution < -0.4 is 10.2 Å². The maximum atomic E-state index is 13.0. The van der Waals surface area contributed by atoms with Crippen LogP contribution in [0.2, 0.25) is 0 Å². The van der Waals surface area contributed by atoms with Gasteiger partial charge in [0.05, 0.1) is 18.8 Å². The third-order valence-electron chi connectivity index (χ3n) is 6.02. The molecule has 1 atom stereocenters. The molecule has 6 nitrogen and oxygen atoms in total. The number of ether oxygens (including phenoxy) is 1. The zero-order valence-electron chi connectivity index (χ0n) is 16.8. The first-order valence-electron chi connectivity index (χ1n) is 10.5. The summed E-state index contributed by atoms with van der Waals surface area (Å²) >= 11 is 0. The number of amides is 1. The molecule has 1 amide bonds. The van der Waals surface area contributed by atoms with Crippen molar-refractivity contribution in [1.82, 2.24) is 15.2 Å². The number of morpholine rings is 1. The highest BCUT2D eigenvalue weighted by atomic mass is 16.5. The third kappa shape index (κ3) is 4.99. The lowest BCUT2D eigenvalue weighted by molar-refractivity contribution is 0.00191. The standard InChI is InChI=1S/C21H34N4O2/c1-3-17(4-2)19(24-12-14-27-15-13-24)16-23-21(26)18-8-7-9-22-20(18)25-10-5-6-11-25/h7-9,17,19H,3-6,10-16H2,1-2H3,(H,23,26). The number of nitrogens with one attached hydrogen (secondary N) is 1. The fourth-order valence-corrected chi connectivity index (χ4v) is 4.38. The lowest BCUT2D eigenvalue weighted by Gasteiger charge is -2.38. The number of carbonyl (C=O) groups is 1. The molecule has 3 rings (SSSR count). The van der Waals surface area contributed by atoms with E-state index in [1.54, 1.807) is 6.20 Å². The van der Waals surface area contributed by atoms with Crippen molar-refractivity contribution in [3.05, 3.63) is 23.9 Å². The molecule has 2 fully saturated rings. The van der Waals surface area contributed by atoms with Crippen LogP contribution >= 0.6 is 0 Å². The number of hydrogen-bond acceptors (Lipinski definition) is 5. The second kappa shape index (κ2) is 10.0. The Labute approximate surface area is 163 Å². The first-order valence-corrected chi connectivity index (χ1v) is 10.5. The van der Waals surface area contributed by atoms with Gasteiger partial charge in [-0.25, -0.2) is 4.98 Å². The van der Waals surface area contributed by atoms with Crippen LogP contribution in [0.25, 0.3) is 0 Å². The van der Waals surface area contributed by atoms with E-state index in [0.29, 0.717) is 24.1 Å². The number of hydrogen-bond donors (Lipinski definition) is 1. The molecule has 0 bridgehead atoms. The summed E-state index contributed by atoms with van der Waals surface area (Å²) in [7, 11) is 0. The Balaban J connectivity index is 1.68. The SMILES string of the molecule is CCC(CC)C(CNC(=O)c1cccnc1N1CCCC1)N1CCOCC1. The maximum absolute atomic E-state index is 13.0. The van der Waals surface area contributed by atoms with Crippen LogP contribution in [0, 0.1) is 5.92 Å². The van der Waals surface area contributed by atoms with Gasteiger partial charge in [-0.3, -0.25) is 9.69 Å². The molecule has 0 radical (unpaired) electrons. The van der Waals surface area contributed by atoms with Crippen LogP contribution in [0.3, 0.4) is 0 Å². The smallest absolute Gasteiger partial charge is 0.255 e. The first-order chi connectivity index (χ1) is 13.2. The Morgan fingerprint density at radius 3 is 2.56 bits per heavy atom. The number of rotatable bonds is 8. The summed E-state index contributed by atoms with van der Waals surface area (Å²) in [5, 5.41) is 3.22. The predicted molar refractivity (Wildman–Crippen MR) is 108 cm³/mol. The van der Waals surface area contributed by atoms with E-state index >= 15 is 0 Å². The Hall–Kier alpha value is -1.66. The second-order valence-corrected chi connectivity index (χ2v) is 7.57. The van der Waals surface area contributed by atoms with Crippen LogP contribution in [0.5, 0.6) is 0 Å². The molecule has 0 saturated carbocycles. The summed E-state index contributed by atoms with van der Waals surface area (Å²) in [5.74, 6) is 1.41. The van der Waals surface area contributed by atoms with Gasteiger partial charge in [-0.2, -0.15) is 0 Å². The van der Waals surface area contributed by atoms with E-state index in [4.69, 9.17) is 4.74 Å². The van der Waals surface area contributed by atoms with Gasteiger partial charge in [-0.15, -0.1) is 0 Å². The number of anilines is 1. The predicted octanol–water partition coefficient (Wildman–Crippen LogP) is 2.55. The van der Waals surface area contributed by atoms with Crippen molar-refractivity contribution in [3.8, 4) is 0 Å². The van der Waals surface area contributed by atoms with Crippen molar-refractivity contribution >= 4 is 11.7 Å². The largest absolute Gasteiger partial charge is 0.379 e. The highest BCUT2D eigenvalue weighted by Crippen LogP contribution is 2.23. The van der Waals surface area contributed by atoms with E-state index < -0.39 is 0 Å². The summed E-state index contributed by atoms with van der Waals surface area (Å²) < 4.78 is 5.52. The average molecular weight is 375 g/mol. The van der Waals surface area contributed by atoms with Crippen LogP contribution in [-0.4, -0.2) is 67.8 Å². The number of aromatic nitrogens is 1. The molecule has 1 N–H and O–H groups in total. The summed E-state index contributed by atoms with van der Waals surface area (Å²) in [6, 6.07) is 4.12. The van der Waals surface area contributed by atoms with Crippen LogP contribution in [0.4, 0.5) is 5.82 Å². The maximum Gasteiger partial charge on any atom is 0.255 e. The first kappa shape index (κ1) is 20.1. The molecule has 0 spiro atoms. The van der Waals surface area contributed by atoms with Crippen LogP contribution in [0.15, 0.2) is 18.3 Å². The summed E-state index contributed by atoms with van der Waals surface area (Å²) in [5.41, 5.74) is 0.699. The van der Waals surface area contributed by atoms with Crippen LogP contribution in [0.1, 0.15) is 49.9 Å². The Morgan fingerprint density at radius 1 is 1.19 bits per heavy atom. The molecule has 2 aliphatic heterocycles. The van der Waals surface area contributed by atoms with E-state index in [2.05, 4.69) is 33.9 Å². The summed E-state index contributed by atoms with van der Waals surface area (Å²) in [4.78, 5) is 22.2. The molecule has 0 aliphatic carbocycles. The zero-order valence-corrected chi connectivity index (χ0v) is 16.8. The minimum atomic E-state index is -0.00536. The number of nitrogens with zero attached hydrogens (tertiary/aromatic N) is 3. The van der Waals surface area contributed by atoms with Gasteiger partial charge in [0.15, 0.2) is 0 Å². The van der Waals surface area contributed by atoms with Crippen molar-refractivity contribution < 1.29 is 9.53 Å². The van der Waals surface area contributed by atoms with Crippen molar-refractivity contribution in [3.63, 3.8) is 0 Å². The topological polar surface area (TPSA) is 57.7 Å². The molecule has 0 aromatic carbocycles. The van der Waals surface area contributed by atoms with Gasteiger partial charge >= 0.3 is 0 Å². The normalized spacial score (nSPS) is 19.4. The molecule has 2 aliphatic rings. The van der Waals surface area contributed by atoms with Gasteiger partial charge in [0.25, 0.3) is 5.91 Å². The van der Waals surface area contributed by atoms with E-state index in [9.17, 15) is 4.79 Å². The monoisotopic (exact) mass is 374 g/mol. The molecule has 27 heavy (non-hydrogen) atoms. The van der Waals surface area contributed by atoms with Gasteiger partial charge in [0.1, 0.15) is 5.82 Å². The van der Waals surface area contributed by atoms with E-state index in [-0.39, 0.29) is 5.91 Å². The fourth-order valence-electron chi connectivity index (χ4n) is 4.38. The average Bonchev–Trinajstić information content (AvgIpc) is 3.26. The number of carbonyl (C=O) groups excluding carboxylic acids is 1. The van der Waals surface area contributed by atoms with Crippen molar-refractivity contribution in [2.75, 3.05) is 50.8 Å². The van der Waals surface area contributed by atoms with Gasteiger partial charge in [-0.1, -0.05) is 26.7 Å². The molecule has 1 aromatic heterocycles. The van der Waals surface area contributed by atoms with E-state index in [1.807, 2.05) is 12.1 Å². The van der Waals surface area contributed by atoms with Gasteiger partial charge in [0.2, 0.25) is 0 Å². The molecular formula is C21H34N4O2. The molecule has 1 aromatic rings. The number of pyridine rings is 1. The molecule has 6 heteroatoms. The highest BCUT2D eigenvalue weighted by Gasteiger charge is 2.28. The van der Waals surface area contributed by atoms with Gasteiger partial charge < -0.3 is 15.0 Å². The minimum absolute atomic E-state index is 0.00536. The summed E-state index contributed by atoms with van der Waals surface area (Å²) in [6.45, 7) is 10.6. The van der Waals surface area contributed by atoms with Crippen molar-refractivity contribution in [2.45, 2.75) is 45.6 Å². The van der Waals surface area contributed by atoms with E-state index in [0.717, 1.165) is 58.1 Å². The van der Waals surface area contributed by atoms with Gasteiger partial charge in [0, 0.05) is 45.0 Å².